The van der Waals surface area contributed by atoms with Crippen LogP contribution in [0, 0.1) is 5.92 Å². The van der Waals surface area contributed by atoms with E-state index >= 15 is 0 Å². The van der Waals surface area contributed by atoms with Crippen LogP contribution in [0.4, 0.5) is 5.82 Å². The number of aromatic nitrogens is 3. The third-order valence-electron chi connectivity index (χ3n) is 8.00. The Bertz CT molecular complexity index is 934. The Kier molecular flexibility index (Phi) is 7.11. The van der Waals surface area contributed by atoms with Crippen molar-refractivity contribution in [1.82, 2.24) is 25.2 Å². The number of amides is 1. The van der Waals surface area contributed by atoms with E-state index < -0.39 is 0 Å². The number of fused-ring (bicyclic) bond motifs is 2. The SMILES string of the molecule is CN1C(=O)CC2CNCCC21.c1nc(NC2CCCCC2)c2c(C3CCOCC3)c[nH]c2n1. The Morgan fingerprint density at radius 1 is 1.09 bits per heavy atom. The molecule has 0 bridgehead atoms. The second kappa shape index (κ2) is 10.4. The van der Waals surface area contributed by atoms with Crippen molar-refractivity contribution in [3.05, 3.63) is 18.1 Å². The van der Waals surface area contributed by atoms with Crippen LogP contribution in [0.2, 0.25) is 0 Å². The van der Waals surface area contributed by atoms with E-state index in [4.69, 9.17) is 4.74 Å². The lowest BCUT2D eigenvalue weighted by Gasteiger charge is -2.29. The topological polar surface area (TPSA) is 95.2 Å². The first-order valence-electron chi connectivity index (χ1n) is 12.8. The predicted molar refractivity (Wildman–Crippen MR) is 129 cm³/mol. The van der Waals surface area contributed by atoms with Gasteiger partial charge in [0.1, 0.15) is 17.8 Å². The van der Waals surface area contributed by atoms with E-state index in [-0.39, 0.29) is 0 Å². The minimum absolute atomic E-state index is 0.323. The summed E-state index contributed by atoms with van der Waals surface area (Å²) in [4.78, 5) is 25.5. The van der Waals surface area contributed by atoms with Crippen molar-refractivity contribution >= 4 is 22.8 Å². The van der Waals surface area contributed by atoms with E-state index in [1.165, 1.54) is 43.1 Å². The number of piperidine rings is 1. The summed E-state index contributed by atoms with van der Waals surface area (Å²) in [6.07, 6.45) is 14.4. The molecular weight excluding hydrogens is 416 g/mol. The summed E-state index contributed by atoms with van der Waals surface area (Å²) in [5.41, 5.74) is 2.31. The summed E-state index contributed by atoms with van der Waals surface area (Å²) < 4.78 is 5.50. The number of nitrogens with one attached hydrogen (secondary N) is 3. The number of anilines is 1. The number of carbonyl (C=O) groups is 1. The highest BCUT2D eigenvalue weighted by molar-refractivity contribution is 5.91. The molecule has 3 saturated heterocycles. The Morgan fingerprint density at radius 2 is 1.91 bits per heavy atom. The van der Waals surface area contributed by atoms with Crippen LogP contribution >= 0.6 is 0 Å². The molecule has 2 unspecified atom stereocenters. The minimum Gasteiger partial charge on any atom is -0.381 e. The van der Waals surface area contributed by atoms with Crippen LogP contribution in [-0.2, 0) is 9.53 Å². The van der Waals surface area contributed by atoms with Gasteiger partial charge in [0.25, 0.3) is 0 Å². The zero-order chi connectivity index (χ0) is 22.6. The van der Waals surface area contributed by atoms with Crippen molar-refractivity contribution in [2.75, 3.05) is 38.7 Å². The van der Waals surface area contributed by atoms with Gasteiger partial charge < -0.3 is 25.3 Å². The normalized spacial score (nSPS) is 26.7. The Labute approximate surface area is 196 Å². The Balaban J connectivity index is 0.000000174. The van der Waals surface area contributed by atoms with Gasteiger partial charge in [-0.25, -0.2) is 9.97 Å². The lowest BCUT2D eigenvalue weighted by Crippen LogP contribution is -2.42. The molecule has 2 aromatic heterocycles. The van der Waals surface area contributed by atoms with Gasteiger partial charge in [-0.15, -0.1) is 0 Å². The number of aromatic amines is 1. The molecule has 8 nitrogen and oxygen atoms in total. The highest BCUT2D eigenvalue weighted by atomic mass is 16.5. The number of hydrogen-bond acceptors (Lipinski definition) is 6. The Hall–Kier alpha value is -2.19. The molecule has 8 heteroatoms. The highest BCUT2D eigenvalue weighted by Gasteiger charge is 2.38. The maximum absolute atomic E-state index is 11.2. The number of ether oxygens (including phenoxy) is 1. The molecule has 3 N–H and O–H groups in total. The van der Waals surface area contributed by atoms with Crippen LogP contribution in [0.3, 0.4) is 0 Å². The molecule has 6 rings (SSSR count). The number of rotatable bonds is 3. The lowest BCUT2D eigenvalue weighted by atomic mass is 9.91. The van der Waals surface area contributed by atoms with Crippen molar-refractivity contribution in [3.63, 3.8) is 0 Å². The predicted octanol–water partition coefficient (Wildman–Crippen LogP) is 3.42. The molecule has 2 atom stereocenters. The third-order valence-corrected chi connectivity index (χ3v) is 8.00. The van der Waals surface area contributed by atoms with Crippen LogP contribution in [0.5, 0.6) is 0 Å². The van der Waals surface area contributed by atoms with Crippen molar-refractivity contribution in [2.45, 2.75) is 75.8 Å². The number of nitrogens with zero attached hydrogens (tertiary/aromatic N) is 3. The summed E-state index contributed by atoms with van der Waals surface area (Å²) in [6.45, 7) is 3.81. The third kappa shape index (κ3) is 5.01. The smallest absolute Gasteiger partial charge is 0.222 e. The van der Waals surface area contributed by atoms with Crippen LogP contribution in [0.15, 0.2) is 12.5 Å². The van der Waals surface area contributed by atoms with Gasteiger partial charge in [0.05, 0.1) is 5.39 Å². The molecular formula is C25H38N6O2. The van der Waals surface area contributed by atoms with E-state index in [2.05, 4.69) is 31.8 Å². The van der Waals surface area contributed by atoms with E-state index in [9.17, 15) is 4.79 Å². The average molecular weight is 455 g/mol. The average Bonchev–Trinajstić information content (AvgIpc) is 3.43. The maximum atomic E-state index is 11.2. The number of H-pyrrole nitrogens is 1. The number of carbonyl (C=O) groups excluding carboxylic acids is 1. The molecule has 1 amide bonds. The maximum Gasteiger partial charge on any atom is 0.222 e. The van der Waals surface area contributed by atoms with Gasteiger partial charge in [0.15, 0.2) is 0 Å². The zero-order valence-electron chi connectivity index (χ0n) is 19.8. The summed E-state index contributed by atoms with van der Waals surface area (Å²) in [7, 11) is 1.93. The Morgan fingerprint density at radius 3 is 2.70 bits per heavy atom. The minimum atomic E-state index is 0.323. The second-order valence-corrected chi connectivity index (χ2v) is 10.1. The van der Waals surface area contributed by atoms with E-state index in [1.54, 1.807) is 6.33 Å². The van der Waals surface area contributed by atoms with Gasteiger partial charge >= 0.3 is 0 Å². The van der Waals surface area contributed by atoms with Crippen LogP contribution in [0.1, 0.15) is 69.3 Å². The van der Waals surface area contributed by atoms with E-state index in [1.807, 2.05) is 11.9 Å². The molecule has 3 aliphatic heterocycles. The molecule has 33 heavy (non-hydrogen) atoms. The van der Waals surface area contributed by atoms with E-state index in [0.29, 0.717) is 29.8 Å². The molecule has 1 saturated carbocycles. The van der Waals surface area contributed by atoms with Gasteiger partial charge in [0, 0.05) is 57.4 Å². The van der Waals surface area contributed by atoms with Crippen LogP contribution < -0.4 is 10.6 Å². The fourth-order valence-corrected chi connectivity index (χ4v) is 6.05. The first-order chi connectivity index (χ1) is 16.2. The first-order valence-corrected chi connectivity index (χ1v) is 12.8. The molecule has 1 aliphatic carbocycles. The zero-order valence-corrected chi connectivity index (χ0v) is 19.8. The van der Waals surface area contributed by atoms with Gasteiger partial charge in [0.2, 0.25) is 5.91 Å². The molecule has 0 spiro atoms. The molecule has 0 radical (unpaired) electrons. The monoisotopic (exact) mass is 454 g/mol. The van der Waals surface area contributed by atoms with Crippen LogP contribution in [0.25, 0.3) is 11.0 Å². The van der Waals surface area contributed by atoms with Crippen LogP contribution in [-0.4, -0.2) is 71.2 Å². The molecule has 4 aliphatic rings. The number of hydrogen-bond donors (Lipinski definition) is 3. The standard InChI is InChI=1S/C17H24N4O.C8H14N2O/c1-2-4-13(5-3-1)21-17-15-14(12-6-8-22-9-7-12)10-18-16(15)19-11-20-17;1-10-7-2-3-9-5-6(7)4-8(10)11/h10-13H,1-9H2,(H2,18,19,20,21);6-7,9H,2-5H2,1H3. The summed E-state index contributed by atoms with van der Waals surface area (Å²) >= 11 is 0. The summed E-state index contributed by atoms with van der Waals surface area (Å²) in [5.74, 6) is 2.48. The van der Waals surface area contributed by atoms with Crippen molar-refractivity contribution in [1.29, 1.82) is 0 Å². The quantitative estimate of drug-likeness (QED) is 0.658. The second-order valence-electron chi connectivity index (χ2n) is 10.1. The lowest BCUT2D eigenvalue weighted by molar-refractivity contribution is -0.127. The first kappa shape index (κ1) is 22.6. The highest BCUT2D eigenvalue weighted by Crippen LogP contribution is 2.35. The van der Waals surface area contributed by atoms with Gasteiger partial charge in [-0.05, 0) is 50.1 Å². The molecule has 180 valence electrons. The van der Waals surface area contributed by atoms with Gasteiger partial charge in [-0.1, -0.05) is 19.3 Å². The molecule has 4 fully saturated rings. The molecule has 0 aromatic carbocycles. The van der Waals surface area contributed by atoms with Crippen molar-refractivity contribution < 1.29 is 9.53 Å². The van der Waals surface area contributed by atoms with E-state index in [0.717, 1.165) is 63.5 Å². The molecule has 5 heterocycles. The van der Waals surface area contributed by atoms with Crippen molar-refractivity contribution in [2.24, 2.45) is 5.92 Å². The molecule has 2 aromatic rings. The number of likely N-dealkylation sites (tertiary alicyclic amines) is 1. The largest absolute Gasteiger partial charge is 0.381 e. The van der Waals surface area contributed by atoms with Gasteiger partial charge in [-0.3, -0.25) is 4.79 Å². The summed E-state index contributed by atoms with van der Waals surface area (Å²) in [5, 5.41) is 8.20. The fraction of sp³-hybridized carbons (Fsp3) is 0.720. The van der Waals surface area contributed by atoms with Crippen molar-refractivity contribution in [3.8, 4) is 0 Å². The summed E-state index contributed by atoms with van der Waals surface area (Å²) in [6, 6.07) is 1.09. The van der Waals surface area contributed by atoms with Gasteiger partial charge in [-0.2, -0.15) is 0 Å². The fourth-order valence-electron chi connectivity index (χ4n) is 6.05.